The number of aromatic amines is 1. The molecule has 42 heavy (non-hydrogen) atoms. The van der Waals surface area contributed by atoms with Crippen molar-refractivity contribution in [2.45, 2.75) is 31.9 Å². The molecule has 0 radical (unpaired) electrons. The van der Waals surface area contributed by atoms with Crippen molar-refractivity contribution in [3.8, 4) is 39.7 Å². The molecule has 5 aromatic rings. The number of hydrogen-bond donors (Lipinski definition) is 2. The molecule has 0 amide bonds. The first kappa shape index (κ1) is 27.9. The zero-order valence-electron chi connectivity index (χ0n) is 23.5. The molecule has 11 heteroatoms. The quantitative estimate of drug-likeness (QED) is 0.232. The summed E-state index contributed by atoms with van der Waals surface area (Å²) >= 11 is 0. The fraction of sp³-hybridized carbons (Fsp3) is 0.290. The van der Waals surface area contributed by atoms with E-state index in [1.54, 1.807) is 38.1 Å². The predicted molar refractivity (Wildman–Crippen MR) is 163 cm³/mol. The maximum atomic E-state index is 15.1. The molecule has 2 aromatic heterocycles. The number of aromatic nitrogens is 4. The Morgan fingerprint density at radius 3 is 2.43 bits per heavy atom. The molecule has 218 valence electrons. The standard InChI is InChI=1S/C31H33FN6O3S/c1-20(2)42(39,40)38-26-19-22(10-12-25(26)34-31(38)33)29-28(21-8-4-3-5-9-21)35-30(36-29)23-11-13-27(24(32)18-23)41-17-16-37-14-6-7-15-37/h3-5,8-13,18-20H,6-7,14-17H2,1-2H3,(H2,33,34)(H,35,36). The topological polar surface area (TPSA) is 119 Å². The molecule has 3 heterocycles. The summed E-state index contributed by atoms with van der Waals surface area (Å²) < 4.78 is 48.2. The number of benzene rings is 3. The van der Waals surface area contributed by atoms with Crippen LogP contribution >= 0.6 is 0 Å². The number of nitrogens with zero attached hydrogens (tertiary/aromatic N) is 4. The zero-order valence-corrected chi connectivity index (χ0v) is 24.4. The molecule has 0 unspecified atom stereocenters. The van der Waals surface area contributed by atoms with Gasteiger partial charge < -0.3 is 15.5 Å². The lowest BCUT2D eigenvalue weighted by Gasteiger charge is -2.15. The average Bonchev–Trinajstić information content (AvgIpc) is 3.72. The fourth-order valence-electron chi connectivity index (χ4n) is 5.29. The number of nitrogens with two attached hydrogens (primary N) is 1. The van der Waals surface area contributed by atoms with Gasteiger partial charge in [-0.05, 0) is 70.1 Å². The van der Waals surface area contributed by atoms with E-state index in [9.17, 15) is 8.42 Å². The summed E-state index contributed by atoms with van der Waals surface area (Å²) in [5.41, 5.74) is 10.3. The normalized spacial score (nSPS) is 14.3. The predicted octanol–water partition coefficient (Wildman–Crippen LogP) is 5.54. The summed E-state index contributed by atoms with van der Waals surface area (Å²) in [4.78, 5) is 14.8. The Balaban J connectivity index is 1.39. The van der Waals surface area contributed by atoms with E-state index in [1.165, 1.54) is 18.9 Å². The minimum atomic E-state index is -3.77. The molecule has 3 aromatic carbocycles. The van der Waals surface area contributed by atoms with E-state index in [0.717, 1.165) is 29.2 Å². The number of ether oxygens (including phenoxy) is 1. The highest BCUT2D eigenvalue weighted by atomic mass is 32.2. The van der Waals surface area contributed by atoms with Crippen molar-refractivity contribution in [3.05, 3.63) is 72.5 Å². The molecule has 0 spiro atoms. The molecule has 6 rings (SSSR count). The van der Waals surface area contributed by atoms with E-state index in [4.69, 9.17) is 15.5 Å². The summed E-state index contributed by atoms with van der Waals surface area (Å²) in [6.07, 6.45) is 2.39. The second kappa shape index (κ2) is 11.2. The number of imidazole rings is 2. The van der Waals surface area contributed by atoms with Crippen molar-refractivity contribution in [3.63, 3.8) is 0 Å². The molecular weight excluding hydrogens is 555 g/mol. The van der Waals surface area contributed by atoms with Gasteiger partial charge in [0.2, 0.25) is 16.0 Å². The Kier molecular flexibility index (Phi) is 7.46. The molecule has 0 bridgehead atoms. The van der Waals surface area contributed by atoms with Gasteiger partial charge in [0, 0.05) is 23.2 Å². The maximum Gasteiger partial charge on any atom is 0.244 e. The van der Waals surface area contributed by atoms with Crippen LogP contribution in [0.4, 0.5) is 10.3 Å². The van der Waals surface area contributed by atoms with Gasteiger partial charge in [0.05, 0.1) is 27.7 Å². The van der Waals surface area contributed by atoms with Crippen LogP contribution in [0.5, 0.6) is 5.75 Å². The summed E-state index contributed by atoms with van der Waals surface area (Å²) in [7, 11) is -3.77. The number of H-pyrrole nitrogens is 1. The van der Waals surface area contributed by atoms with Gasteiger partial charge in [-0.3, -0.25) is 4.90 Å². The number of fused-ring (bicyclic) bond motifs is 1. The van der Waals surface area contributed by atoms with Gasteiger partial charge in [-0.25, -0.2) is 26.7 Å². The van der Waals surface area contributed by atoms with Crippen molar-refractivity contribution in [2.24, 2.45) is 0 Å². The van der Waals surface area contributed by atoms with Crippen LogP contribution in [0.1, 0.15) is 26.7 Å². The van der Waals surface area contributed by atoms with Crippen LogP contribution in [0.15, 0.2) is 66.7 Å². The highest BCUT2D eigenvalue weighted by molar-refractivity contribution is 7.90. The second-order valence-corrected chi connectivity index (χ2v) is 13.1. The zero-order chi connectivity index (χ0) is 29.4. The van der Waals surface area contributed by atoms with Crippen LogP contribution in [0.3, 0.4) is 0 Å². The molecule has 1 saturated heterocycles. The fourth-order valence-corrected chi connectivity index (χ4v) is 6.43. The van der Waals surface area contributed by atoms with Crippen LogP contribution in [0, 0.1) is 5.82 Å². The Labute approximate surface area is 244 Å². The Morgan fingerprint density at radius 2 is 1.71 bits per heavy atom. The summed E-state index contributed by atoms with van der Waals surface area (Å²) in [6, 6.07) is 19.7. The molecule has 0 saturated carbocycles. The number of halogens is 1. The van der Waals surface area contributed by atoms with Gasteiger partial charge in [-0.1, -0.05) is 36.4 Å². The van der Waals surface area contributed by atoms with E-state index in [1.807, 2.05) is 36.4 Å². The lowest BCUT2D eigenvalue weighted by molar-refractivity contribution is 0.231. The van der Waals surface area contributed by atoms with Crippen molar-refractivity contribution in [1.82, 2.24) is 23.8 Å². The average molecular weight is 589 g/mol. The summed E-state index contributed by atoms with van der Waals surface area (Å²) in [5, 5.41) is -0.695. The lowest BCUT2D eigenvalue weighted by atomic mass is 10.0. The third-order valence-electron chi connectivity index (χ3n) is 7.60. The first-order valence-corrected chi connectivity index (χ1v) is 15.6. The molecule has 0 atom stereocenters. The Hall–Kier alpha value is -4.22. The van der Waals surface area contributed by atoms with Crippen molar-refractivity contribution >= 4 is 27.0 Å². The molecule has 1 aliphatic heterocycles. The van der Waals surface area contributed by atoms with E-state index >= 15 is 4.39 Å². The van der Waals surface area contributed by atoms with E-state index in [0.29, 0.717) is 46.0 Å². The monoisotopic (exact) mass is 588 g/mol. The second-order valence-electron chi connectivity index (χ2n) is 10.7. The van der Waals surface area contributed by atoms with E-state index in [2.05, 4.69) is 14.9 Å². The minimum absolute atomic E-state index is 0.0972. The van der Waals surface area contributed by atoms with E-state index in [-0.39, 0.29) is 11.7 Å². The lowest BCUT2D eigenvalue weighted by Crippen LogP contribution is -2.25. The van der Waals surface area contributed by atoms with E-state index < -0.39 is 21.1 Å². The van der Waals surface area contributed by atoms with Gasteiger partial charge in [0.25, 0.3) is 0 Å². The number of nitrogen functional groups attached to an aromatic ring is 1. The van der Waals surface area contributed by atoms with Gasteiger partial charge in [0.1, 0.15) is 12.4 Å². The first-order chi connectivity index (χ1) is 20.2. The highest BCUT2D eigenvalue weighted by Crippen LogP contribution is 2.36. The Bertz CT molecular complexity index is 1840. The van der Waals surface area contributed by atoms with Crippen LogP contribution < -0.4 is 10.5 Å². The number of hydrogen-bond acceptors (Lipinski definition) is 7. The third kappa shape index (κ3) is 5.25. The summed E-state index contributed by atoms with van der Waals surface area (Å²) in [6.45, 7) is 6.52. The van der Waals surface area contributed by atoms with Gasteiger partial charge in [-0.15, -0.1) is 0 Å². The number of likely N-dealkylation sites (tertiary alicyclic amines) is 1. The number of nitrogens with one attached hydrogen (secondary N) is 1. The Morgan fingerprint density at radius 1 is 0.976 bits per heavy atom. The van der Waals surface area contributed by atoms with Crippen molar-refractivity contribution in [1.29, 1.82) is 0 Å². The first-order valence-electron chi connectivity index (χ1n) is 14.1. The largest absolute Gasteiger partial charge is 0.489 e. The van der Waals surface area contributed by atoms with Gasteiger partial charge >= 0.3 is 0 Å². The van der Waals surface area contributed by atoms with Crippen LogP contribution in [-0.4, -0.2) is 63.7 Å². The minimum Gasteiger partial charge on any atom is -0.489 e. The molecule has 1 aliphatic rings. The van der Waals surface area contributed by atoms with Crippen molar-refractivity contribution in [2.75, 3.05) is 32.0 Å². The molecule has 9 nitrogen and oxygen atoms in total. The van der Waals surface area contributed by atoms with Crippen LogP contribution in [0.2, 0.25) is 0 Å². The smallest absolute Gasteiger partial charge is 0.244 e. The number of rotatable bonds is 9. The highest BCUT2D eigenvalue weighted by Gasteiger charge is 2.25. The molecular formula is C31H33FN6O3S. The summed E-state index contributed by atoms with van der Waals surface area (Å²) in [5.74, 6) is 0.109. The maximum absolute atomic E-state index is 15.1. The van der Waals surface area contributed by atoms with Crippen LogP contribution in [0.25, 0.3) is 44.9 Å². The number of anilines is 1. The third-order valence-corrected chi connectivity index (χ3v) is 9.68. The van der Waals surface area contributed by atoms with Crippen molar-refractivity contribution < 1.29 is 17.5 Å². The van der Waals surface area contributed by atoms with Crippen LogP contribution in [-0.2, 0) is 10.0 Å². The SMILES string of the molecule is CC(C)S(=O)(=O)n1c(N)nc2ccc(-c3nc(-c4ccc(OCCN5CCCC5)c(F)c4)[nH]c3-c3ccccc3)cc21. The molecule has 3 N–H and O–H groups in total. The molecule has 1 fully saturated rings. The van der Waals surface area contributed by atoms with Gasteiger partial charge in [-0.2, -0.15) is 0 Å². The molecule has 0 aliphatic carbocycles. The van der Waals surface area contributed by atoms with Gasteiger partial charge in [0.15, 0.2) is 11.6 Å².